The van der Waals surface area contributed by atoms with Gasteiger partial charge in [0.2, 0.25) is 0 Å². The normalized spacial score (nSPS) is 17.1. The summed E-state index contributed by atoms with van der Waals surface area (Å²) in [5.74, 6) is 2.29. The van der Waals surface area contributed by atoms with Gasteiger partial charge in [-0.25, -0.2) is 0 Å². The topological polar surface area (TPSA) is 0 Å². The van der Waals surface area contributed by atoms with E-state index in [9.17, 15) is 0 Å². The molecule has 0 saturated heterocycles. The Hall–Kier alpha value is -0.170. The van der Waals surface area contributed by atoms with E-state index in [2.05, 4.69) is 38.1 Å². The minimum atomic E-state index is 0. The van der Waals surface area contributed by atoms with Crippen LogP contribution in [0.3, 0.4) is 0 Å². The minimum absolute atomic E-state index is 0. The summed E-state index contributed by atoms with van der Waals surface area (Å²) in [4.78, 5) is 0. The van der Waals surface area contributed by atoms with Crippen LogP contribution in [-0.2, 0) is 38.7 Å². The molecule has 1 aromatic carbocycles. The van der Waals surface area contributed by atoms with Gasteiger partial charge in [0.15, 0.2) is 0 Å². The molecule has 1 aromatic rings. The maximum atomic E-state index is 2.45. The van der Waals surface area contributed by atoms with Crippen LogP contribution in [0, 0.1) is 11.8 Å². The van der Waals surface area contributed by atoms with Gasteiger partial charge in [-0.05, 0) is 53.9 Å². The van der Waals surface area contributed by atoms with Crippen LogP contribution in [0.5, 0.6) is 0 Å². The summed E-state index contributed by atoms with van der Waals surface area (Å²) in [6.07, 6.45) is 9.75. The Morgan fingerprint density at radius 1 is 1.06 bits per heavy atom. The quantitative estimate of drug-likeness (QED) is 0.666. The molecule has 0 heterocycles. The summed E-state index contributed by atoms with van der Waals surface area (Å²) < 4.78 is 0. The van der Waals surface area contributed by atoms with Crippen LogP contribution in [0.1, 0.15) is 48.9 Å². The second-order valence-corrected chi connectivity index (χ2v) is 5.52. The molecule has 0 amide bonds. The first kappa shape index (κ1) is 13.3. The van der Waals surface area contributed by atoms with Crippen molar-refractivity contribution in [3.05, 3.63) is 46.4 Å². The number of benzene rings is 1. The van der Waals surface area contributed by atoms with Crippen molar-refractivity contribution in [2.75, 3.05) is 0 Å². The summed E-state index contributed by atoms with van der Waals surface area (Å²) in [7, 11) is 0. The molecule has 0 spiro atoms. The van der Waals surface area contributed by atoms with Crippen molar-refractivity contribution in [1.82, 2.24) is 0 Å². The molecule has 0 bridgehead atoms. The van der Waals surface area contributed by atoms with Crippen molar-refractivity contribution < 1.29 is 25.8 Å². The number of rotatable bonds is 2. The fourth-order valence-electron chi connectivity index (χ4n) is 2.96. The third kappa shape index (κ3) is 2.50. The fraction of sp³-hybridized carbons (Fsp3) is 0.438. The van der Waals surface area contributed by atoms with Crippen molar-refractivity contribution >= 4 is 6.08 Å². The van der Waals surface area contributed by atoms with Crippen molar-refractivity contribution in [3.63, 3.8) is 0 Å². The molecule has 2 aliphatic carbocycles. The van der Waals surface area contributed by atoms with E-state index in [1.54, 1.807) is 17.0 Å². The monoisotopic (exact) mass is 391 g/mol. The van der Waals surface area contributed by atoms with Gasteiger partial charge in [-0.1, -0.05) is 38.1 Å². The van der Waals surface area contributed by atoms with Gasteiger partial charge in [0.05, 0.1) is 0 Å². The zero-order valence-corrected chi connectivity index (χ0v) is 14.3. The Labute approximate surface area is 123 Å². The molecule has 0 atom stereocenters. The van der Waals surface area contributed by atoms with Gasteiger partial charge in [-0.3, -0.25) is 0 Å². The van der Waals surface area contributed by atoms with Crippen LogP contribution in [0.2, 0.25) is 0 Å². The van der Waals surface area contributed by atoms with Crippen LogP contribution in [0.15, 0.2) is 18.2 Å². The van der Waals surface area contributed by atoms with E-state index >= 15 is 0 Å². The van der Waals surface area contributed by atoms with Crippen molar-refractivity contribution in [3.8, 4) is 0 Å². The van der Waals surface area contributed by atoms with Gasteiger partial charge < -0.3 is 0 Å². The van der Waals surface area contributed by atoms with Gasteiger partial charge in [0.1, 0.15) is 0 Å². The maximum Gasteiger partial charge on any atom is 0.0276 e. The van der Waals surface area contributed by atoms with Crippen molar-refractivity contribution in [2.45, 2.75) is 39.5 Å². The van der Waals surface area contributed by atoms with Gasteiger partial charge in [-0.2, -0.15) is 0 Å². The predicted molar refractivity (Wildman–Crippen MR) is 69.3 cm³/mol. The van der Waals surface area contributed by atoms with Gasteiger partial charge in [0.25, 0.3) is 0 Å². The molecule has 87 valence electrons. The molecule has 0 fully saturated rings. The number of fused-ring (bicyclic) bond motifs is 2. The van der Waals surface area contributed by atoms with E-state index in [1.165, 1.54) is 36.8 Å². The second-order valence-electron chi connectivity index (χ2n) is 5.52. The molecule has 1 heteroatoms. The molecule has 0 saturated carbocycles. The summed E-state index contributed by atoms with van der Waals surface area (Å²) in [6, 6.07) is 4.87. The number of hydrogen-bond donors (Lipinski definition) is 0. The zero-order chi connectivity index (χ0) is 11.1. The van der Waals surface area contributed by atoms with Crippen LogP contribution >= 0.6 is 0 Å². The van der Waals surface area contributed by atoms with Gasteiger partial charge in [-0.15, -0.1) is 0 Å². The number of hydrogen-bond acceptors (Lipinski definition) is 0. The van der Waals surface area contributed by atoms with E-state index in [0.717, 1.165) is 5.92 Å². The maximum absolute atomic E-state index is 2.45. The Kier molecular flexibility index (Phi) is 4.07. The average molecular weight is 390 g/mol. The Balaban J connectivity index is 0.00000108. The Morgan fingerprint density at radius 3 is 2.47 bits per heavy atom. The summed E-state index contributed by atoms with van der Waals surface area (Å²) >= 11 is 0. The number of aryl methyl sites for hydroxylation is 2. The zero-order valence-electron chi connectivity index (χ0n) is 10.7. The van der Waals surface area contributed by atoms with E-state index in [1.807, 2.05) is 0 Å². The van der Waals surface area contributed by atoms with Crippen LogP contribution in [0.25, 0.3) is 6.08 Å². The standard InChI is InChI=1S/C16H19.Hf/c1-11(2)8-14-6-7-15-9-12-4-3-5-13(12)10-16(14)15;/h6-7,9-11H,3-5,8H2,1-2H3;. The van der Waals surface area contributed by atoms with E-state index in [4.69, 9.17) is 0 Å². The Bertz CT molecular complexity index is 443. The third-order valence-corrected chi connectivity index (χ3v) is 3.70. The smallest absolute Gasteiger partial charge is 0.0276 e. The molecule has 0 aromatic heterocycles. The van der Waals surface area contributed by atoms with Crippen molar-refractivity contribution in [2.24, 2.45) is 5.92 Å². The van der Waals surface area contributed by atoms with Crippen LogP contribution in [0.4, 0.5) is 0 Å². The second kappa shape index (κ2) is 5.22. The summed E-state index contributed by atoms with van der Waals surface area (Å²) in [5, 5.41) is 0. The van der Waals surface area contributed by atoms with Crippen LogP contribution < -0.4 is 0 Å². The molecule has 0 unspecified atom stereocenters. The van der Waals surface area contributed by atoms with E-state index in [0.29, 0.717) is 0 Å². The molecule has 0 nitrogen and oxygen atoms in total. The number of allylic oxidation sites excluding steroid dienone is 1. The van der Waals surface area contributed by atoms with Crippen LogP contribution in [-0.4, -0.2) is 0 Å². The first-order chi connectivity index (χ1) is 7.74. The third-order valence-electron chi connectivity index (χ3n) is 3.70. The molecular formula is C16H19Hf. The first-order valence-electron chi connectivity index (χ1n) is 6.44. The molecular weight excluding hydrogens is 371 g/mol. The summed E-state index contributed by atoms with van der Waals surface area (Å²) in [5.41, 5.74) is 6.16. The first-order valence-corrected chi connectivity index (χ1v) is 6.44. The molecule has 0 aliphatic heterocycles. The molecule has 0 N–H and O–H groups in total. The Morgan fingerprint density at radius 2 is 1.76 bits per heavy atom. The molecule has 2 aliphatic rings. The minimum Gasteiger partial charge on any atom is -0.0721 e. The molecule has 17 heavy (non-hydrogen) atoms. The summed E-state index contributed by atoms with van der Waals surface area (Å²) in [6.45, 7) is 4.60. The predicted octanol–water partition coefficient (Wildman–Crippen LogP) is 4.17. The SMILES string of the molecule is CC(C)C[C]1C=Cc2cc3c(cc21)CCC3.[Hf]. The largest absolute Gasteiger partial charge is 0.0721 e. The van der Waals surface area contributed by atoms with E-state index in [-0.39, 0.29) is 25.8 Å². The van der Waals surface area contributed by atoms with Gasteiger partial charge >= 0.3 is 0 Å². The average Bonchev–Trinajstić information content (AvgIpc) is 2.81. The van der Waals surface area contributed by atoms with E-state index < -0.39 is 0 Å². The molecule has 3 rings (SSSR count). The van der Waals surface area contributed by atoms with Gasteiger partial charge in [0, 0.05) is 31.8 Å². The fourth-order valence-corrected chi connectivity index (χ4v) is 2.96. The molecule has 1 radical (unpaired) electrons. The van der Waals surface area contributed by atoms with Crippen molar-refractivity contribution in [1.29, 1.82) is 0 Å².